The number of aliphatic imine (C=N–C) groups is 1. The van der Waals surface area contributed by atoms with Crippen LogP contribution >= 0.6 is 34.8 Å². The molecule has 0 amide bonds. The van der Waals surface area contributed by atoms with Gasteiger partial charge in [0.25, 0.3) is 0 Å². The normalized spacial score (nSPS) is 15.9. The fourth-order valence-electron chi connectivity index (χ4n) is 1.92. The van der Waals surface area contributed by atoms with E-state index >= 15 is 0 Å². The summed E-state index contributed by atoms with van der Waals surface area (Å²) in [7, 11) is 0. The molecule has 1 aliphatic heterocycles. The summed E-state index contributed by atoms with van der Waals surface area (Å²) in [6.45, 7) is 0. The van der Waals surface area contributed by atoms with Crippen LogP contribution in [0.5, 0.6) is 0 Å². The molecule has 3 nitrogen and oxygen atoms in total. The highest BCUT2D eigenvalue weighted by Gasteiger charge is 2.25. The lowest BCUT2D eigenvalue weighted by atomic mass is 10.2. The lowest BCUT2D eigenvalue weighted by molar-refractivity contribution is -0.129. The van der Waals surface area contributed by atoms with Gasteiger partial charge in [-0.25, -0.2) is 9.79 Å². The first-order valence-corrected chi connectivity index (χ1v) is 7.40. The fraction of sp³-hybridized carbons (Fsp3) is 0. The summed E-state index contributed by atoms with van der Waals surface area (Å²) in [5.74, 6) is -0.358. The van der Waals surface area contributed by atoms with Crippen LogP contribution in [0.15, 0.2) is 53.2 Å². The van der Waals surface area contributed by atoms with Gasteiger partial charge in [-0.1, -0.05) is 53.0 Å². The van der Waals surface area contributed by atoms with Crippen LogP contribution in [0.3, 0.4) is 0 Å². The zero-order valence-corrected chi connectivity index (χ0v) is 13.3. The van der Waals surface area contributed by atoms with Gasteiger partial charge in [-0.05, 0) is 35.9 Å². The molecule has 1 aliphatic rings. The second kappa shape index (κ2) is 6.13. The van der Waals surface area contributed by atoms with E-state index in [0.29, 0.717) is 26.2 Å². The number of cyclic esters (lactones) is 1. The number of nitrogens with zero attached hydrogens (tertiary/aromatic N) is 1. The van der Waals surface area contributed by atoms with Crippen LogP contribution in [-0.2, 0) is 9.53 Å². The summed E-state index contributed by atoms with van der Waals surface area (Å²) < 4.78 is 5.17. The molecular weight excluding hydrogens is 345 g/mol. The van der Waals surface area contributed by atoms with Crippen LogP contribution < -0.4 is 0 Å². The number of halogens is 3. The Balaban J connectivity index is 1.98. The van der Waals surface area contributed by atoms with Crippen molar-refractivity contribution in [3.63, 3.8) is 0 Å². The highest BCUT2D eigenvalue weighted by molar-refractivity contribution is 6.42. The van der Waals surface area contributed by atoms with Gasteiger partial charge in [0.1, 0.15) is 0 Å². The van der Waals surface area contributed by atoms with Crippen LogP contribution in [0.4, 0.5) is 0 Å². The Morgan fingerprint density at radius 3 is 2.45 bits per heavy atom. The van der Waals surface area contributed by atoms with Crippen LogP contribution in [0.25, 0.3) is 6.08 Å². The van der Waals surface area contributed by atoms with Gasteiger partial charge in [-0.3, -0.25) is 0 Å². The molecular formula is C16H8Cl3NO2. The molecule has 0 aromatic heterocycles. The van der Waals surface area contributed by atoms with E-state index in [1.165, 1.54) is 0 Å². The standard InChI is InChI=1S/C16H8Cl3NO2/c17-11-4-2-1-3-10(11)15-20-14(16(21)22-15)8-9-5-6-12(18)13(19)7-9/h1-8H. The molecule has 2 aromatic rings. The molecule has 0 aliphatic carbocycles. The summed E-state index contributed by atoms with van der Waals surface area (Å²) in [6, 6.07) is 12.0. The Hall–Kier alpha value is -1.81. The molecule has 3 rings (SSSR count). The van der Waals surface area contributed by atoms with Gasteiger partial charge in [-0.2, -0.15) is 0 Å². The van der Waals surface area contributed by atoms with Crippen molar-refractivity contribution >= 4 is 52.7 Å². The Labute approximate surface area is 141 Å². The van der Waals surface area contributed by atoms with Crippen molar-refractivity contribution in [3.8, 4) is 0 Å². The highest BCUT2D eigenvalue weighted by Crippen LogP contribution is 2.26. The lowest BCUT2D eigenvalue weighted by Gasteiger charge is -2.00. The fourth-order valence-corrected chi connectivity index (χ4v) is 2.44. The summed E-state index contributed by atoms with van der Waals surface area (Å²) in [5.41, 5.74) is 1.44. The van der Waals surface area contributed by atoms with Gasteiger partial charge >= 0.3 is 5.97 Å². The first kappa shape index (κ1) is 15.1. The number of carbonyl (C=O) groups is 1. The van der Waals surface area contributed by atoms with Crippen LogP contribution in [0, 0.1) is 0 Å². The average Bonchev–Trinajstić information content (AvgIpc) is 2.84. The van der Waals surface area contributed by atoms with Crippen LogP contribution in [0.2, 0.25) is 15.1 Å². The number of esters is 1. The van der Waals surface area contributed by atoms with E-state index in [1.807, 2.05) is 0 Å². The van der Waals surface area contributed by atoms with Crippen molar-refractivity contribution in [2.24, 2.45) is 4.99 Å². The third kappa shape index (κ3) is 3.02. The summed E-state index contributed by atoms with van der Waals surface area (Å²) in [6.07, 6.45) is 1.58. The van der Waals surface area contributed by atoms with E-state index in [0.717, 1.165) is 0 Å². The van der Waals surface area contributed by atoms with Crippen molar-refractivity contribution in [3.05, 3.63) is 74.4 Å². The van der Waals surface area contributed by atoms with E-state index < -0.39 is 5.97 Å². The molecule has 0 bridgehead atoms. The number of rotatable bonds is 2. The van der Waals surface area contributed by atoms with E-state index in [4.69, 9.17) is 39.5 Å². The molecule has 6 heteroatoms. The minimum Gasteiger partial charge on any atom is -0.402 e. The molecule has 2 aromatic carbocycles. The quantitative estimate of drug-likeness (QED) is 0.564. The van der Waals surface area contributed by atoms with Gasteiger partial charge in [0.2, 0.25) is 5.90 Å². The zero-order chi connectivity index (χ0) is 15.7. The monoisotopic (exact) mass is 351 g/mol. The molecule has 0 unspecified atom stereocenters. The van der Waals surface area contributed by atoms with Crippen molar-refractivity contribution in [1.29, 1.82) is 0 Å². The zero-order valence-electron chi connectivity index (χ0n) is 11.0. The first-order chi connectivity index (χ1) is 10.5. The third-order valence-corrected chi connectivity index (χ3v) is 4.04. The Kier molecular flexibility index (Phi) is 4.21. The van der Waals surface area contributed by atoms with E-state index in [2.05, 4.69) is 4.99 Å². The number of hydrogen-bond acceptors (Lipinski definition) is 3. The summed E-state index contributed by atoms with van der Waals surface area (Å²) >= 11 is 17.9. The number of benzene rings is 2. The molecule has 0 radical (unpaired) electrons. The molecule has 0 saturated carbocycles. The van der Waals surface area contributed by atoms with Gasteiger partial charge in [0, 0.05) is 0 Å². The van der Waals surface area contributed by atoms with E-state index in [-0.39, 0.29) is 11.6 Å². The molecule has 22 heavy (non-hydrogen) atoms. The predicted octanol–water partition coefficient (Wildman–Crippen LogP) is 4.99. The minimum atomic E-state index is -0.541. The van der Waals surface area contributed by atoms with Crippen LogP contribution in [-0.4, -0.2) is 11.9 Å². The van der Waals surface area contributed by atoms with Crippen molar-refractivity contribution in [2.45, 2.75) is 0 Å². The summed E-state index contributed by atoms with van der Waals surface area (Å²) in [5, 5.41) is 1.31. The Morgan fingerprint density at radius 1 is 0.955 bits per heavy atom. The number of hydrogen-bond donors (Lipinski definition) is 0. The highest BCUT2D eigenvalue weighted by atomic mass is 35.5. The smallest absolute Gasteiger partial charge is 0.363 e. The maximum atomic E-state index is 11.9. The predicted molar refractivity (Wildman–Crippen MR) is 88.5 cm³/mol. The molecule has 0 saturated heterocycles. The van der Waals surface area contributed by atoms with Crippen molar-refractivity contribution < 1.29 is 9.53 Å². The van der Waals surface area contributed by atoms with Crippen molar-refractivity contribution in [1.82, 2.24) is 0 Å². The van der Waals surface area contributed by atoms with E-state index in [1.54, 1.807) is 48.5 Å². The molecule has 1 heterocycles. The van der Waals surface area contributed by atoms with Crippen LogP contribution in [0.1, 0.15) is 11.1 Å². The molecule has 110 valence electrons. The average molecular weight is 353 g/mol. The minimum absolute atomic E-state index is 0.174. The second-order valence-electron chi connectivity index (χ2n) is 4.49. The van der Waals surface area contributed by atoms with Gasteiger partial charge in [-0.15, -0.1) is 0 Å². The second-order valence-corrected chi connectivity index (χ2v) is 5.71. The first-order valence-electron chi connectivity index (χ1n) is 6.27. The molecule has 0 fully saturated rings. The molecule has 0 atom stereocenters. The molecule has 0 N–H and O–H groups in total. The van der Waals surface area contributed by atoms with Gasteiger partial charge < -0.3 is 4.74 Å². The Morgan fingerprint density at radius 2 is 1.73 bits per heavy atom. The maximum absolute atomic E-state index is 11.9. The van der Waals surface area contributed by atoms with E-state index in [9.17, 15) is 4.79 Å². The van der Waals surface area contributed by atoms with Crippen molar-refractivity contribution in [2.75, 3.05) is 0 Å². The lowest BCUT2D eigenvalue weighted by Crippen LogP contribution is -2.05. The maximum Gasteiger partial charge on any atom is 0.363 e. The SMILES string of the molecule is O=C1OC(c2ccccc2Cl)=NC1=Cc1ccc(Cl)c(Cl)c1. The van der Waals surface area contributed by atoms with Gasteiger partial charge in [0.15, 0.2) is 5.70 Å². The Bertz CT molecular complexity index is 828. The number of carbonyl (C=O) groups excluding carboxylic acids is 1. The molecule has 0 spiro atoms. The largest absolute Gasteiger partial charge is 0.402 e. The van der Waals surface area contributed by atoms with Gasteiger partial charge in [0.05, 0.1) is 20.6 Å². The number of ether oxygens (including phenoxy) is 1. The third-order valence-electron chi connectivity index (χ3n) is 2.97. The topological polar surface area (TPSA) is 38.7 Å². The summed E-state index contributed by atoms with van der Waals surface area (Å²) in [4.78, 5) is 16.1.